The number of furan rings is 1. The lowest BCUT2D eigenvalue weighted by atomic mass is 9.97. The Morgan fingerprint density at radius 3 is 2.58 bits per heavy atom. The Morgan fingerprint density at radius 2 is 1.97 bits per heavy atom. The highest BCUT2D eigenvalue weighted by Gasteiger charge is 2.52. The second kappa shape index (κ2) is 8.58. The summed E-state index contributed by atoms with van der Waals surface area (Å²) in [7, 11) is -3.65. The Labute approximate surface area is 188 Å². The molecule has 4 rings (SSSR count). The number of hydrogen-bond acceptors (Lipinski definition) is 5. The number of carbonyl (C=O) groups is 1. The standard InChI is InChI=1S/C22H28ClN3O4S/c1-16(2)13-20-21(27)26(15-18-6-4-12-30-18)22(24-20)8-10-25(11-9-22)31(28,29)19-7-3-5-17(23)14-19/h3-7,12,14,16,20,24H,8-11,13,15H2,1-2H3/t20-/m0/s1. The van der Waals surface area contributed by atoms with E-state index in [1.807, 2.05) is 17.0 Å². The largest absolute Gasteiger partial charge is 0.467 e. The molecule has 1 N–H and O–H groups in total. The van der Waals surface area contributed by atoms with Gasteiger partial charge in [-0.25, -0.2) is 8.42 Å². The van der Waals surface area contributed by atoms with Crippen molar-refractivity contribution in [2.75, 3.05) is 13.1 Å². The Morgan fingerprint density at radius 1 is 1.23 bits per heavy atom. The average molecular weight is 466 g/mol. The smallest absolute Gasteiger partial charge is 0.243 e. The van der Waals surface area contributed by atoms with Gasteiger partial charge in [-0.3, -0.25) is 10.1 Å². The summed E-state index contributed by atoms with van der Waals surface area (Å²) in [4.78, 5) is 15.3. The van der Waals surface area contributed by atoms with Gasteiger partial charge in [-0.05, 0) is 55.5 Å². The van der Waals surface area contributed by atoms with Crippen molar-refractivity contribution in [3.05, 3.63) is 53.4 Å². The second-order valence-electron chi connectivity index (χ2n) is 8.72. The molecule has 0 saturated carbocycles. The van der Waals surface area contributed by atoms with Gasteiger partial charge >= 0.3 is 0 Å². The number of nitrogens with one attached hydrogen (secondary N) is 1. The van der Waals surface area contributed by atoms with Crippen molar-refractivity contribution in [1.82, 2.24) is 14.5 Å². The number of nitrogens with zero attached hydrogens (tertiary/aromatic N) is 2. The van der Waals surface area contributed by atoms with Crippen LogP contribution in [-0.4, -0.2) is 48.3 Å². The number of piperidine rings is 1. The van der Waals surface area contributed by atoms with Crippen LogP contribution in [0, 0.1) is 5.92 Å². The lowest BCUT2D eigenvalue weighted by Crippen LogP contribution is -2.59. The van der Waals surface area contributed by atoms with Gasteiger partial charge in [0.15, 0.2) is 0 Å². The van der Waals surface area contributed by atoms with E-state index in [9.17, 15) is 13.2 Å². The quantitative estimate of drug-likeness (QED) is 0.706. The molecule has 0 aliphatic carbocycles. The third-order valence-corrected chi connectivity index (χ3v) is 8.24. The molecule has 1 spiro atoms. The average Bonchev–Trinajstić information content (AvgIpc) is 3.31. The molecule has 9 heteroatoms. The predicted octanol–water partition coefficient (Wildman–Crippen LogP) is 3.46. The predicted molar refractivity (Wildman–Crippen MR) is 118 cm³/mol. The highest BCUT2D eigenvalue weighted by molar-refractivity contribution is 7.89. The summed E-state index contributed by atoms with van der Waals surface area (Å²) in [6, 6.07) is 9.72. The van der Waals surface area contributed by atoms with Crippen molar-refractivity contribution in [3.63, 3.8) is 0 Å². The van der Waals surface area contributed by atoms with E-state index in [0.717, 1.165) is 6.42 Å². The fraction of sp³-hybridized carbons (Fsp3) is 0.500. The van der Waals surface area contributed by atoms with E-state index in [-0.39, 0.29) is 16.8 Å². The van der Waals surface area contributed by atoms with Crippen molar-refractivity contribution in [2.24, 2.45) is 5.92 Å². The van der Waals surface area contributed by atoms with Gasteiger partial charge < -0.3 is 9.32 Å². The molecule has 0 radical (unpaired) electrons. The van der Waals surface area contributed by atoms with Crippen LogP contribution >= 0.6 is 11.6 Å². The molecule has 0 bridgehead atoms. The van der Waals surface area contributed by atoms with Gasteiger partial charge in [0, 0.05) is 18.1 Å². The van der Waals surface area contributed by atoms with Crippen molar-refractivity contribution in [1.29, 1.82) is 0 Å². The Balaban J connectivity index is 1.55. The fourth-order valence-electron chi connectivity index (χ4n) is 4.57. The molecule has 1 amide bonds. The fourth-order valence-corrected chi connectivity index (χ4v) is 6.31. The minimum absolute atomic E-state index is 0.0521. The van der Waals surface area contributed by atoms with Crippen LogP contribution < -0.4 is 5.32 Å². The van der Waals surface area contributed by atoms with Gasteiger partial charge in [0.1, 0.15) is 5.76 Å². The number of benzene rings is 1. The molecule has 2 aliphatic heterocycles. The molecule has 2 aromatic rings. The molecule has 3 heterocycles. The van der Waals surface area contributed by atoms with Crippen molar-refractivity contribution in [2.45, 2.75) is 56.3 Å². The maximum atomic E-state index is 13.3. The number of rotatable bonds is 6. The van der Waals surface area contributed by atoms with Crippen LogP contribution in [0.1, 0.15) is 38.9 Å². The first-order valence-corrected chi connectivity index (χ1v) is 12.4. The van der Waals surface area contributed by atoms with Gasteiger partial charge in [-0.1, -0.05) is 31.5 Å². The first-order chi connectivity index (χ1) is 14.7. The van der Waals surface area contributed by atoms with Crippen LogP contribution in [-0.2, 0) is 21.4 Å². The third kappa shape index (κ3) is 4.39. The van der Waals surface area contributed by atoms with E-state index >= 15 is 0 Å². The van der Waals surface area contributed by atoms with Crippen LogP contribution in [0.3, 0.4) is 0 Å². The Bertz CT molecular complexity index is 1030. The maximum absolute atomic E-state index is 13.3. The van der Waals surface area contributed by atoms with Crippen LogP contribution in [0.5, 0.6) is 0 Å². The summed E-state index contributed by atoms with van der Waals surface area (Å²) in [5.41, 5.74) is -0.580. The van der Waals surface area contributed by atoms with E-state index in [1.54, 1.807) is 24.5 Å². The molecule has 2 saturated heterocycles. The molecule has 31 heavy (non-hydrogen) atoms. The summed E-state index contributed by atoms with van der Waals surface area (Å²) >= 11 is 6.00. The van der Waals surface area contributed by atoms with E-state index < -0.39 is 15.7 Å². The van der Waals surface area contributed by atoms with E-state index in [4.69, 9.17) is 16.0 Å². The first-order valence-electron chi connectivity index (χ1n) is 10.6. The normalized spacial score (nSPS) is 22.0. The summed E-state index contributed by atoms with van der Waals surface area (Å²) in [5.74, 6) is 1.13. The second-order valence-corrected chi connectivity index (χ2v) is 11.1. The van der Waals surface area contributed by atoms with Crippen molar-refractivity contribution in [3.8, 4) is 0 Å². The highest BCUT2D eigenvalue weighted by atomic mass is 35.5. The summed E-state index contributed by atoms with van der Waals surface area (Å²) in [6.07, 6.45) is 3.35. The molecule has 1 aromatic heterocycles. The maximum Gasteiger partial charge on any atom is 0.243 e. The molecule has 1 atom stereocenters. The zero-order valence-electron chi connectivity index (χ0n) is 17.8. The monoisotopic (exact) mass is 465 g/mol. The summed E-state index contributed by atoms with van der Waals surface area (Å²) < 4.78 is 33.2. The highest BCUT2D eigenvalue weighted by Crippen LogP contribution is 2.36. The molecule has 7 nitrogen and oxygen atoms in total. The number of carbonyl (C=O) groups excluding carboxylic acids is 1. The number of amides is 1. The van der Waals surface area contributed by atoms with E-state index in [2.05, 4.69) is 19.2 Å². The zero-order valence-corrected chi connectivity index (χ0v) is 19.3. The molecule has 1 aromatic carbocycles. The summed E-state index contributed by atoms with van der Waals surface area (Å²) in [5, 5.41) is 3.95. The lowest BCUT2D eigenvalue weighted by molar-refractivity contribution is -0.134. The molecular weight excluding hydrogens is 438 g/mol. The molecule has 2 fully saturated rings. The van der Waals surface area contributed by atoms with Gasteiger partial charge in [0.25, 0.3) is 0 Å². The SMILES string of the molecule is CC(C)C[C@@H]1NC2(CCN(S(=O)(=O)c3cccc(Cl)c3)CC2)N(Cc2ccco2)C1=O. The molecule has 0 unspecified atom stereocenters. The number of hydrogen-bond donors (Lipinski definition) is 1. The lowest BCUT2D eigenvalue weighted by Gasteiger charge is -2.44. The number of sulfonamides is 1. The molecular formula is C22H28ClN3O4S. The molecule has 2 aliphatic rings. The Kier molecular flexibility index (Phi) is 6.18. The van der Waals surface area contributed by atoms with Gasteiger partial charge in [0.2, 0.25) is 15.9 Å². The minimum Gasteiger partial charge on any atom is -0.467 e. The van der Waals surface area contributed by atoms with E-state index in [1.165, 1.54) is 10.4 Å². The van der Waals surface area contributed by atoms with E-state index in [0.29, 0.717) is 49.2 Å². The summed E-state index contributed by atoms with van der Waals surface area (Å²) in [6.45, 7) is 5.19. The molecule has 168 valence electrons. The Hall–Kier alpha value is -1.87. The minimum atomic E-state index is -3.65. The number of halogens is 1. The third-order valence-electron chi connectivity index (χ3n) is 6.11. The van der Waals surface area contributed by atoms with Crippen molar-refractivity contribution < 1.29 is 17.6 Å². The van der Waals surface area contributed by atoms with Crippen molar-refractivity contribution >= 4 is 27.5 Å². The van der Waals surface area contributed by atoms with Crippen LogP contribution in [0.15, 0.2) is 52.0 Å². The first kappa shape index (κ1) is 22.3. The van der Waals surface area contributed by atoms with Crippen LogP contribution in [0.4, 0.5) is 0 Å². The van der Waals surface area contributed by atoms with Crippen LogP contribution in [0.2, 0.25) is 5.02 Å². The van der Waals surface area contributed by atoms with Gasteiger partial charge in [-0.2, -0.15) is 4.31 Å². The topological polar surface area (TPSA) is 82.9 Å². The zero-order chi connectivity index (χ0) is 22.2. The van der Waals surface area contributed by atoms with Gasteiger partial charge in [-0.15, -0.1) is 0 Å². The van der Waals surface area contributed by atoms with Gasteiger partial charge in [0.05, 0.1) is 29.4 Å². The van der Waals surface area contributed by atoms with Crippen LogP contribution in [0.25, 0.3) is 0 Å².